The summed E-state index contributed by atoms with van der Waals surface area (Å²) in [6, 6.07) is 16.8. The molecule has 0 bridgehead atoms. The van der Waals surface area contributed by atoms with Gasteiger partial charge in [0.1, 0.15) is 5.75 Å². The molecule has 1 fully saturated rings. The number of aliphatic carboxylic acids is 1. The summed E-state index contributed by atoms with van der Waals surface area (Å²) in [5, 5.41) is 10.2. The molecule has 2 atom stereocenters. The maximum absolute atomic E-state index is 13.3. The van der Waals surface area contributed by atoms with Crippen LogP contribution in [0, 0.1) is 11.8 Å². The van der Waals surface area contributed by atoms with Crippen LogP contribution >= 0.6 is 0 Å². The lowest BCUT2D eigenvalue weighted by Crippen LogP contribution is -2.30. The summed E-state index contributed by atoms with van der Waals surface area (Å²) < 4.78 is 5.21. The first-order chi connectivity index (χ1) is 14.0. The van der Waals surface area contributed by atoms with Crippen LogP contribution < -0.4 is 4.74 Å². The minimum absolute atomic E-state index is 0.0781. The minimum atomic E-state index is -0.855. The van der Waals surface area contributed by atoms with Crippen molar-refractivity contribution in [2.24, 2.45) is 11.8 Å². The molecule has 1 N–H and O–H groups in total. The second kappa shape index (κ2) is 7.54. The number of aromatic nitrogens is 1. The number of hydrogen-bond acceptors (Lipinski definition) is 4. The predicted molar refractivity (Wildman–Crippen MR) is 110 cm³/mol. The zero-order valence-electron chi connectivity index (χ0n) is 16.3. The van der Waals surface area contributed by atoms with Crippen LogP contribution in [0.5, 0.6) is 5.75 Å². The number of carbonyl (C=O) groups excluding carboxylic acids is 1. The Morgan fingerprint density at radius 2 is 1.83 bits per heavy atom. The molecule has 2 heterocycles. The topological polar surface area (TPSA) is 79.7 Å². The SMILES string of the molecule is COc1ccc(-c2cc(C(=O)N3C[C@@H](C)[C@H](C(=O)O)C3)c3ccccc3n2)cc1. The van der Waals surface area contributed by atoms with Crippen LogP contribution in [0.3, 0.4) is 0 Å². The third kappa shape index (κ3) is 3.53. The molecule has 0 unspecified atom stereocenters. The quantitative estimate of drug-likeness (QED) is 0.735. The van der Waals surface area contributed by atoms with Crippen LogP contribution in [0.15, 0.2) is 54.6 Å². The summed E-state index contributed by atoms with van der Waals surface area (Å²) >= 11 is 0. The monoisotopic (exact) mass is 390 g/mol. The van der Waals surface area contributed by atoms with Gasteiger partial charge < -0.3 is 14.7 Å². The van der Waals surface area contributed by atoms with E-state index in [4.69, 9.17) is 9.72 Å². The van der Waals surface area contributed by atoms with Crippen molar-refractivity contribution >= 4 is 22.8 Å². The van der Waals surface area contributed by atoms with Gasteiger partial charge in [0.15, 0.2) is 0 Å². The van der Waals surface area contributed by atoms with E-state index in [0.29, 0.717) is 17.8 Å². The highest BCUT2D eigenvalue weighted by Crippen LogP contribution is 2.30. The van der Waals surface area contributed by atoms with Gasteiger partial charge in [0.05, 0.1) is 29.8 Å². The van der Waals surface area contributed by atoms with E-state index in [1.807, 2.05) is 55.5 Å². The van der Waals surface area contributed by atoms with Crippen molar-refractivity contribution in [2.75, 3.05) is 20.2 Å². The normalized spacial score (nSPS) is 18.8. The molecule has 29 heavy (non-hydrogen) atoms. The maximum Gasteiger partial charge on any atom is 0.308 e. The van der Waals surface area contributed by atoms with Crippen LogP contribution in [-0.2, 0) is 4.79 Å². The summed E-state index contributed by atoms with van der Waals surface area (Å²) in [5.74, 6) is -0.879. The van der Waals surface area contributed by atoms with Gasteiger partial charge in [-0.1, -0.05) is 25.1 Å². The summed E-state index contributed by atoms with van der Waals surface area (Å²) in [7, 11) is 1.61. The number of pyridine rings is 1. The van der Waals surface area contributed by atoms with Crippen LogP contribution in [0.1, 0.15) is 17.3 Å². The Kier molecular flexibility index (Phi) is 4.92. The molecule has 0 aliphatic carbocycles. The number of para-hydroxylation sites is 1. The summed E-state index contributed by atoms with van der Waals surface area (Å²) in [6.07, 6.45) is 0. The van der Waals surface area contributed by atoms with Crippen LogP contribution in [-0.4, -0.2) is 47.1 Å². The lowest BCUT2D eigenvalue weighted by atomic mass is 9.99. The number of hydrogen-bond donors (Lipinski definition) is 1. The van der Waals surface area contributed by atoms with Gasteiger partial charge in [-0.3, -0.25) is 9.59 Å². The van der Waals surface area contributed by atoms with Gasteiger partial charge in [-0.25, -0.2) is 4.98 Å². The molecule has 0 radical (unpaired) electrons. The van der Waals surface area contributed by atoms with Gasteiger partial charge in [-0.15, -0.1) is 0 Å². The standard InChI is InChI=1S/C23H22N2O4/c1-14-12-25(13-19(14)23(27)28)22(26)18-11-21(15-7-9-16(29-2)10-8-15)24-20-6-4-3-5-17(18)20/h3-11,14,19H,12-13H2,1-2H3,(H,27,28)/t14-,19-/m1/s1. The van der Waals surface area contributed by atoms with E-state index in [0.717, 1.165) is 22.2 Å². The van der Waals surface area contributed by atoms with E-state index >= 15 is 0 Å². The second-order valence-corrected chi connectivity index (χ2v) is 7.43. The largest absolute Gasteiger partial charge is 0.497 e. The van der Waals surface area contributed by atoms with Crippen LogP contribution in [0.2, 0.25) is 0 Å². The Hall–Kier alpha value is -3.41. The van der Waals surface area contributed by atoms with Gasteiger partial charge in [0, 0.05) is 24.0 Å². The van der Waals surface area contributed by atoms with Crippen molar-refractivity contribution in [3.05, 3.63) is 60.2 Å². The van der Waals surface area contributed by atoms with Crippen molar-refractivity contribution in [1.29, 1.82) is 0 Å². The first-order valence-corrected chi connectivity index (χ1v) is 9.54. The number of amides is 1. The molecule has 0 spiro atoms. The average Bonchev–Trinajstić information content (AvgIpc) is 3.14. The molecule has 1 aliphatic rings. The number of ether oxygens (including phenoxy) is 1. The van der Waals surface area contributed by atoms with Gasteiger partial charge >= 0.3 is 5.97 Å². The summed E-state index contributed by atoms with van der Waals surface area (Å²) in [5.41, 5.74) is 2.84. The van der Waals surface area contributed by atoms with Crippen LogP contribution in [0.25, 0.3) is 22.2 Å². The molecule has 2 aromatic carbocycles. The van der Waals surface area contributed by atoms with Crippen molar-refractivity contribution in [3.63, 3.8) is 0 Å². The Balaban J connectivity index is 1.77. The third-order valence-corrected chi connectivity index (χ3v) is 5.55. The molecule has 3 aromatic rings. The van der Waals surface area contributed by atoms with Crippen molar-refractivity contribution in [1.82, 2.24) is 9.88 Å². The number of methoxy groups -OCH3 is 1. The highest BCUT2D eigenvalue weighted by Gasteiger charge is 2.37. The molecule has 6 nitrogen and oxygen atoms in total. The number of carboxylic acids is 1. The Bertz CT molecular complexity index is 1080. The molecule has 1 amide bonds. The number of fused-ring (bicyclic) bond motifs is 1. The summed E-state index contributed by atoms with van der Waals surface area (Å²) in [4.78, 5) is 31.2. The molecule has 1 aliphatic heterocycles. The van der Waals surface area contributed by atoms with E-state index in [1.165, 1.54) is 0 Å². The fourth-order valence-corrected chi connectivity index (χ4v) is 3.89. The van der Waals surface area contributed by atoms with Gasteiger partial charge in [-0.2, -0.15) is 0 Å². The van der Waals surface area contributed by atoms with Crippen molar-refractivity contribution < 1.29 is 19.4 Å². The van der Waals surface area contributed by atoms with Gasteiger partial charge in [-0.05, 0) is 42.3 Å². The maximum atomic E-state index is 13.3. The van der Waals surface area contributed by atoms with E-state index < -0.39 is 11.9 Å². The number of benzene rings is 2. The summed E-state index contributed by atoms with van der Waals surface area (Å²) in [6.45, 7) is 2.54. The third-order valence-electron chi connectivity index (χ3n) is 5.55. The first kappa shape index (κ1) is 18.9. The number of likely N-dealkylation sites (tertiary alicyclic amines) is 1. The van der Waals surface area contributed by atoms with E-state index in [2.05, 4.69) is 0 Å². The molecule has 4 rings (SSSR count). The number of carboxylic acid groups (broad SMARTS) is 1. The molecule has 6 heteroatoms. The van der Waals surface area contributed by atoms with Crippen molar-refractivity contribution in [3.8, 4) is 17.0 Å². The second-order valence-electron chi connectivity index (χ2n) is 7.43. The Morgan fingerprint density at radius 1 is 1.10 bits per heavy atom. The predicted octanol–water partition coefficient (Wildman–Crippen LogP) is 3.70. The average molecular weight is 390 g/mol. The lowest BCUT2D eigenvalue weighted by Gasteiger charge is -2.18. The van der Waals surface area contributed by atoms with Crippen LogP contribution in [0.4, 0.5) is 0 Å². The van der Waals surface area contributed by atoms with Crippen molar-refractivity contribution in [2.45, 2.75) is 6.92 Å². The zero-order valence-corrected chi connectivity index (χ0v) is 16.3. The highest BCUT2D eigenvalue weighted by atomic mass is 16.5. The molecular formula is C23H22N2O4. The molecule has 0 saturated carbocycles. The number of carbonyl (C=O) groups is 2. The van der Waals surface area contributed by atoms with E-state index in [9.17, 15) is 14.7 Å². The zero-order chi connectivity index (χ0) is 20.5. The van der Waals surface area contributed by atoms with Gasteiger partial charge in [0.2, 0.25) is 0 Å². The number of nitrogens with zero attached hydrogens (tertiary/aromatic N) is 2. The Morgan fingerprint density at radius 3 is 2.48 bits per heavy atom. The molecular weight excluding hydrogens is 368 g/mol. The smallest absolute Gasteiger partial charge is 0.308 e. The minimum Gasteiger partial charge on any atom is -0.497 e. The fourth-order valence-electron chi connectivity index (χ4n) is 3.89. The first-order valence-electron chi connectivity index (χ1n) is 9.54. The van der Waals surface area contributed by atoms with E-state index in [1.54, 1.807) is 18.1 Å². The highest BCUT2D eigenvalue weighted by molar-refractivity contribution is 6.07. The molecule has 148 valence electrons. The van der Waals surface area contributed by atoms with E-state index in [-0.39, 0.29) is 18.4 Å². The lowest BCUT2D eigenvalue weighted by molar-refractivity contribution is -0.142. The molecule has 1 aromatic heterocycles. The number of rotatable bonds is 4. The fraction of sp³-hybridized carbons (Fsp3) is 0.261. The molecule has 1 saturated heterocycles. The van der Waals surface area contributed by atoms with Gasteiger partial charge in [0.25, 0.3) is 5.91 Å². The Labute approximate surface area is 168 Å².